The van der Waals surface area contributed by atoms with Crippen LogP contribution in [0.5, 0.6) is 0 Å². The molecule has 1 saturated carbocycles. The summed E-state index contributed by atoms with van der Waals surface area (Å²) >= 11 is 3.65. The van der Waals surface area contributed by atoms with E-state index in [9.17, 15) is 9.90 Å². The van der Waals surface area contributed by atoms with E-state index >= 15 is 0 Å². The Balaban J connectivity index is 0.00000116. The number of primary amides is 1. The molecule has 0 radical (unpaired) electrons. The average Bonchev–Trinajstić information content (AvgIpc) is 2.60. The summed E-state index contributed by atoms with van der Waals surface area (Å²) in [6, 6.07) is 0. The number of allylic oxidation sites excluding steroid dienone is 2. The second-order valence-corrected chi connectivity index (χ2v) is 8.05. The topological polar surface area (TPSA) is 79.9 Å². The fourth-order valence-electron chi connectivity index (χ4n) is 2.57. The van der Waals surface area contributed by atoms with Crippen LogP contribution >= 0.6 is 15.9 Å². The second kappa shape index (κ2) is 9.68. The van der Waals surface area contributed by atoms with Crippen molar-refractivity contribution in [1.29, 1.82) is 0 Å². The number of halogens is 1. The first kappa shape index (κ1) is 19.7. The zero-order valence-corrected chi connectivity index (χ0v) is 16.6. The molecule has 4 nitrogen and oxygen atoms in total. The van der Waals surface area contributed by atoms with Gasteiger partial charge in [0.05, 0.1) is 0 Å². The van der Waals surface area contributed by atoms with Crippen molar-refractivity contribution in [1.82, 2.24) is 0 Å². The van der Waals surface area contributed by atoms with Gasteiger partial charge in [0.15, 0.2) is 0 Å². The van der Waals surface area contributed by atoms with Crippen LogP contribution in [0.2, 0.25) is 0 Å². The van der Waals surface area contributed by atoms with Gasteiger partial charge in [-0.1, -0.05) is 13.8 Å². The van der Waals surface area contributed by atoms with Gasteiger partial charge in [0.2, 0.25) is 0 Å². The maximum absolute atomic E-state index is 11.3. The van der Waals surface area contributed by atoms with Crippen LogP contribution < -0.4 is 10.1 Å². The van der Waals surface area contributed by atoms with E-state index in [1.807, 2.05) is 24.3 Å². The molecule has 2 aliphatic rings. The molecule has 0 atom stereocenters. The Kier molecular flexibility index (Phi) is 8.65. The van der Waals surface area contributed by atoms with Gasteiger partial charge >= 0.3 is 134 Å². The Bertz CT molecular complexity index is 481. The Hall–Kier alpha value is -0.391. The Morgan fingerprint density at radius 2 is 2.00 bits per heavy atom. The summed E-state index contributed by atoms with van der Waals surface area (Å²) < 4.78 is 4.14. The third-order valence-electron chi connectivity index (χ3n) is 3.66. The molecule has 1 fully saturated rings. The standard InChI is InChI=1S/C14H19BrN2O2Se.C2H6/c15-11-6-4-5-10(13(16)18)9-17-20-12(11)14(19)7-2-1-3-8-14;1-2/h4-5,9,17,19H,1-3,6-8H2,(H2,16,18);1-2H3/p+1/b5-4-,10-9+,12-11+;. The molecule has 0 spiro atoms. The molecule has 1 aliphatic carbocycles. The zero-order valence-electron chi connectivity index (χ0n) is 13.3. The molecule has 0 aromatic rings. The van der Waals surface area contributed by atoms with Crippen molar-refractivity contribution < 1.29 is 14.2 Å². The molecule has 5 N–H and O–H groups in total. The minimum atomic E-state index is -0.674. The summed E-state index contributed by atoms with van der Waals surface area (Å²) in [6.07, 6.45) is 11.2. The first-order valence-electron chi connectivity index (χ1n) is 7.81. The number of hydrogen-bond acceptors (Lipinski definition) is 2. The first-order chi connectivity index (χ1) is 10.5. The molecule has 1 amide bonds. The van der Waals surface area contributed by atoms with Crippen LogP contribution in [0.1, 0.15) is 52.4 Å². The van der Waals surface area contributed by atoms with Gasteiger partial charge < -0.3 is 0 Å². The monoisotopic (exact) mass is 437 g/mol. The summed E-state index contributed by atoms with van der Waals surface area (Å²) in [7, 11) is 0. The van der Waals surface area contributed by atoms with Crippen LogP contribution in [0.4, 0.5) is 0 Å². The van der Waals surface area contributed by atoms with Gasteiger partial charge in [-0.2, -0.15) is 0 Å². The number of carbonyl (C=O) groups is 1. The number of amides is 1. The first-order valence-corrected chi connectivity index (χ1v) is 10.4. The predicted octanol–water partition coefficient (Wildman–Crippen LogP) is 1.83. The summed E-state index contributed by atoms with van der Waals surface area (Å²) in [5.41, 5.74) is 5.17. The van der Waals surface area contributed by atoms with E-state index in [2.05, 4.69) is 15.9 Å². The molecular weight excluding hydrogens is 411 g/mol. The summed E-state index contributed by atoms with van der Waals surface area (Å²) in [4.78, 5) is 11.3. The number of carbonyl (C=O) groups excluding carboxylic acids is 1. The van der Waals surface area contributed by atoms with Crippen molar-refractivity contribution in [2.45, 2.75) is 58.0 Å². The third kappa shape index (κ3) is 5.36. The summed E-state index contributed by atoms with van der Waals surface area (Å²) in [5, 5.41) is 10.9. The van der Waals surface area contributed by atoms with Gasteiger partial charge in [0.1, 0.15) is 0 Å². The fourth-order valence-corrected chi connectivity index (χ4v) is 5.68. The van der Waals surface area contributed by atoms with Gasteiger partial charge in [0.25, 0.3) is 0 Å². The molecule has 0 bridgehead atoms. The van der Waals surface area contributed by atoms with Crippen molar-refractivity contribution in [2.24, 2.45) is 5.73 Å². The molecule has 1 heterocycles. The van der Waals surface area contributed by atoms with Crippen LogP contribution in [0.25, 0.3) is 0 Å². The Labute approximate surface area is 147 Å². The molecule has 124 valence electrons. The molecule has 6 heteroatoms. The fraction of sp³-hybridized carbons (Fsp3) is 0.562. The van der Waals surface area contributed by atoms with Gasteiger partial charge in [-0.05, 0) is 0 Å². The van der Waals surface area contributed by atoms with E-state index in [1.54, 1.807) is 12.3 Å². The van der Waals surface area contributed by atoms with Crippen LogP contribution in [-0.2, 0) is 4.79 Å². The van der Waals surface area contributed by atoms with Crippen LogP contribution in [-0.4, -0.2) is 31.8 Å². The number of nitrogens with two attached hydrogens (primary N) is 2. The molecule has 1 aliphatic heterocycles. The van der Waals surface area contributed by atoms with E-state index in [1.165, 1.54) is 6.42 Å². The van der Waals surface area contributed by atoms with Crippen molar-refractivity contribution in [3.63, 3.8) is 0 Å². The van der Waals surface area contributed by atoms with Gasteiger partial charge in [-0.3, -0.25) is 0 Å². The van der Waals surface area contributed by atoms with E-state index in [0.29, 0.717) is 12.0 Å². The minimum absolute atomic E-state index is 0.0254. The molecule has 2 rings (SSSR count). The van der Waals surface area contributed by atoms with E-state index in [-0.39, 0.29) is 15.2 Å². The van der Waals surface area contributed by atoms with Crippen molar-refractivity contribution >= 4 is 37.0 Å². The molecule has 0 aromatic carbocycles. The van der Waals surface area contributed by atoms with Crippen LogP contribution in [0.15, 0.2) is 32.9 Å². The van der Waals surface area contributed by atoms with Crippen LogP contribution in [0, 0.1) is 0 Å². The number of quaternary nitrogens is 1. The normalized spacial score (nSPS) is 28.8. The van der Waals surface area contributed by atoms with Gasteiger partial charge in [-0.15, -0.1) is 0 Å². The molecule has 0 saturated heterocycles. The number of hydrogen-bond donors (Lipinski definition) is 3. The van der Waals surface area contributed by atoms with Crippen molar-refractivity contribution in [2.75, 3.05) is 0 Å². The van der Waals surface area contributed by atoms with E-state index in [0.717, 1.165) is 34.6 Å². The maximum atomic E-state index is 11.3. The number of aliphatic hydroxyl groups is 1. The van der Waals surface area contributed by atoms with E-state index < -0.39 is 11.5 Å². The molecule has 0 aromatic heterocycles. The SMILES string of the molecule is CC.NC(=O)C1=C/[NH2+][Se]/C(C2(O)CCCCC2)=C(/Br)C/C=C\1. The van der Waals surface area contributed by atoms with Gasteiger partial charge in [0, 0.05) is 0 Å². The van der Waals surface area contributed by atoms with Crippen molar-refractivity contribution in [3.05, 3.63) is 32.9 Å². The quantitative estimate of drug-likeness (QED) is 0.577. The Morgan fingerprint density at radius 1 is 1.36 bits per heavy atom. The Morgan fingerprint density at radius 3 is 2.59 bits per heavy atom. The zero-order chi connectivity index (χ0) is 16.6. The predicted molar refractivity (Wildman–Crippen MR) is 94.0 cm³/mol. The second-order valence-electron chi connectivity index (χ2n) is 5.17. The average molecular weight is 437 g/mol. The number of rotatable bonds is 2. The van der Waals surface area contributed by atoms with Crippen molar-refractivity contribution in [3.8, 4) is 0 Å². The van der Waals surface area contributed by atoms with E-state index in [4.69, 9.17) is 5.73 Å². The summed E-state index contributed by atoms with van der Waals surface area (Å²) in [6.45, 7) is 4.00. The third-order valence-corrected chi connectivity index (χ3v) is 7.35. The molecule has 0 unspecified atom stereocenters. The van der Waals surface area contributed by atoms with Gasteiger partial charge in [-0.25, -0.2) is 0 Å². The summed E-state index contributed by atoms with van der Waals surface area (Å²) in [5.74, 6) is -0.413. The molecular formula is C16H26BrN2O2Se+. The molecule has 22 heavy (non-hydrogen) atoms. The van der Waals surface area contributed by atoms with Crippen LogP contribution in [0.3, 0.4) is 0 Å².